The van der Waals surface area contributed by atoms with Crippen LogP contribution in [-0.2, 0) is 4.74 Å². The van der Waals surface area contributed by atoms with Crippen LogP contribution in [-0.4, -0.2) is 42.4 Å². The van der Waals surface area contributed by atoms with Crippen LogP contribution in [0.15, 0.2) is 36.5 Å². The first-order valence-electron chi connectivity index (χ1n) is 9.71. The lowest BCUT2D eigenvalue weighted by Crippen LogP contribution is -2.34. The number of piperidine rings is 1. The van der Waals surface area contributed by atoms with Crippen molar-refractivity contribution < 1.29 is 9.47 Å². The van der Waals surface area contributed by atoms with E-state index < -0.39 is 0 Å². The van der Waals surface area contributed by atoms with E-state index in [-0.39, 0.29) is 12.4 Å². The van der Waals surface area contributed by atoms with Crippen molar-refractivity contribution in [1.82, 2.24) is 15.3 Å². The lowest BCUT2D eigenvalue weighted by Gasteiger charge is -2.27. The summed E-state index contributed by atoms with van der Waals surface area (Å²) in [5.41, 5.74) is 2.22. The minimum Gasteiger partial charge on any atom is -0.474 e. The molecule has 0 unspecified atom stereocenters. The highest BCUT2D eigenvalue weighted by molar-refractivity contribution is 6.29. The molecule has 0 saturated carbocycles. The van der Waals surface area contributed by atoms with Crippen LogP contribution in [0.5, 0.6) is 5.88 Å². The maximum atomic E-state index is 6.15. The molecule has 0 atom stereocenters. The van der Waals surface area contributed by atoms with Crippen molar-refractivity contribution in [3.05, 3.63) is 52.9 Å². The molecule has 4 rings (SSSR count). The molecule has 1 N–H and O–H groups in total. The van der Waals surface area contributed by atoms with E-state index in [9.17, 15) is 0 Å². The van der Waals surface area contributed by atoms with Crippen molar-refractivity contribution in [1.29, 1.82) is 0 Å². The lowest BCUT2D eigenvalue weighted by molar-refractivity contribution is 0.0832. The van der Waals surface area contributed by atoms with Gasteiger partial charge in [0.1, 0.15) is 11.3 Å². The largest absolute Gasteiger partial charge is 0.474 e. The molecular weight excluding hydrogens is 397 g/mol. The van der Waals surface area contributed by atoms with Gasteiger partial charge in [-0.15, -0.1) is 12.4 Å². The third kappa shape index (κ3) is 7.21. The number of nitrogens with one attached hydrogen (secondary N) is 1. The van der Waals surface area contributed by atoms with Gasteiger partial charge in [0, 0.05) is 30.7 Å². The molecule has 4 heterocycles. The Bertz CT molecular complexity index is 688. The second kappa shape index (κ2) is 12.2. The maximum Gasteiger partial charge on any atom is 0.217 e. The molecule has 0 spiro atoms. The summed E-state index contributed by atoms with van der Waals surface area (Å²) in [4.78, 5) is 8.40. The minimum absolute atomic E-state index is 0. The number of hydrogen-bond acceptors (Lipinski definition) is 5. The van der Waals surface area contributed by atoms with Crippen LogP contribution >= 0.6 is 24.0 Å². The quantitative estimate of drug-likeness (QED) is 0.729. The molecule has 0 radical (unpaired) electrons. The van der Waals surface area contributed by atoms with Gasteiger partial charge in [-0.2, -0.15) is 0 Å². The van der Waals surface area contributed by atoms with E-state index in [0.717, 1.165) is 63.6 Å². The number of halogens is 2. The molecule has 154 valence electrons. The first-order chi connectivity index (χ1) is 13.2. The standard InChI is InChI=1S/C15H22N2O2.C6H6ClN.ClH/c1-2-14(12-5-10-18-11-6-12)15(17-7-1)19-13-3-8-16-9-4-13;1-5-3-2-4-6(7)8-5;/h1-2,7,12-13,16H,3-6,8-11H2;2-4H,1H3;1H. The Morgan fingerprint density at radius 3 is 2.46 bits per heavy atom. The summed E-state index contributed by atoms with van der Waals surface area (Å²) in [6, 6.07) is 9.73. The normalized spacial score (nSPS) is 17.8. The molecule has 0 aromatic carbocycles. The Kier molecular flexibility index (Phi) is 9.99. The van der Waals surface area contributed by atoms with Crippen molar-refractivity contribution in [2.45, 2.75) is 44.6 Å². The second-order valence-corrected chi connectivity index (χ2v) is 7.34. The fraction of sp³-hybridized carbons (Fsp3) is 0.524. The molecule has 28 heavy (non-hydrogen) atoms. The molecule has 7 heteroatoms. The van der Waals surface area contributed by atoms with Gasteiger partial charge in [-0.25, -0.2) is 9.97 Å². The topological polar surface area (TPSA) is 56.3 Å². The Morgan fingerprint density at radius 1 is 1.07 bits per heavy atom. The van der Waals surface area contributed by atoms with Crippen molar-refractivity contribution in [2.24, 2.45) is 0 Å². The molecule has 0 bridgehead atoms. The van der Waals surface area contributed by atoms with Gasteiger partial charge >= 0.3 is 0 Å². The molecule has 2 aliphatic rings. The number of hydrogen-bond donors (Lipinski definition) is 1. The minimum atomic E-state index is 0. The van der Waals surface area contributed by atoms with Crippen LogP contribution in [0.25, 0.3) is 0 Å². The highest BCUT2D eigenvalue weighted by Crippen LogP contribution is 2.33. The summed E-state index contributed by atoms with van der Waals surface area (Å²) in [6.07, 6.45) is 6.45. The van der Waals surface area contributed by atoms with Crippen LogP contribution in [0.3, 0.4) is 0 Å². The number of rotatable bonds is 3. The molecule has 0 aliphatic carbocycles. The zero-order valence-corrected chi connectivity index (χ0v) is 17.8. The van der Waals surface area contributed by atoms with Gasteiger partial charge in [-0.05, 0) is 69.8 Å². The van der Waals surface area contributed by atoms with Crippen LogP contribution < -0.4 is 10.1 Å². The summed E-state index contributed by atoms with van der Waals surface area (Å²) in [5, 5.41) is 3.92. The van der Waals surface area contributed by atoms with Crippen LogP contribution in [0.2, 0.25) is 5.15 Å². The SMILES string of the molecule is Cc1cccc(Cl)n1.Cl.c1cnc(OC2CCNCC2)c(C2CCOCC2)c1. The van der Waals surface area contributed by atoms with Crippen LogP contribution in [0.1, 0.15) is 42.9 Å². The first kappa shape index (κ1) is 22.9. The third-order valence-corrected chi connectivity index (χ3v) is 5.09. The van der Waals surface area contributed by atoms with Gasteiger partial charge < -0.3 is 14.8 Å². The molecule has 2 fully saturated rings. The van der Waals surface area contributed by atoms with Crippen molar-refractivity contribution >= 4 is 24.0 Å². The Balaban J connectivity index is 0.000000264. The van der Waals surface area contributed by atoms with Crippen LogP contribution in [0, 0.1) is 6.92 Å². The van der Waals surface area contributed by atoms with Gasteiger partial charge in [0.2, 0.25) is 5.88 Å². The fourth-order valence-corrected chi connectivity index (χ4v) is 3.61. The molecule has 0 amide bonds. The Labute approximate surface area is 178 Å². The van der Waals surface area contributed by atoms with E-state index in [1.165, 1.54) is 5.56 Å². The summed E-state index contributed by atoms with van der Waals surface area (Å²) in [7, 11) is 0. The average molecular weight is 426 g/mol. The van der Waals surface area contributed by atoms with Gasteiger partial charge in [0.25, 0.3) is 0 Å². The predicted octanol–water partition coefficient (Wildman–Crippen LogP) is 4.57. The smallest absolute Gasteiger partial charge is 0.217 e. The van der Waals surface area contributed by atoms with E-state index in [1.54, 1.807) is 6.07 Å². The summed E-state index contributed by atoms with van der Waals surface area (Å²) >= 11 is 5.53. The van der Waals surface area contributed by atoms with Gasteiger partial charge in [-0.1, -0.05) is 23.7 Å². The van der Waals surface area contributed by atoms with Gasteiger partial charge in [0.05, 0.1) is 0 Å². The predicted molar refractivity (Wildman–Crippen MR) is 115 cm³/mol. The second-order valence-electron chi connectivity index (χ2n) is 6.95. The van der Waals surface area contributed by atoms with E-state index in [1.807, 2.05) is 31.3 Å². The highest BCUT2D eigenvalue weighted by Gasteiger charge is 2.22. The third-order valence-electron chi connectivity index (χ3n) is 4.88. The Hall–Kier alpha value is -1.40. The summed E-state index contributed by atoms with van der Waals surface area (Å²) in [5.74, 6) is 1.39. The van der Waals surface area contributed by atoms with Crippen molar-refractivity contribution in [2.75, 3.05) is 26.3 Å². The molecule has 5 nitrogen and oxygen atoms in total. The van der Waals surface area contributed by atoms with E-state index in [2.05, 4.69) is 21.4 Å². The maximum absolute atomic E-state index is 6.15. The molecule has 2 aromatic rings. The monoisotopic (exact) mass is 425 g/mol. The first-order valence-corrected chi connectivity index (χ1v) is 10.1. The molecular formula is C21H29Cl2N3O2. The Morgan fingerprint density at radius 2 is 1.82 bits per heavy atom. The molecule has 2 aliphatic heterocycles. The summed E-state index contributed by atoms with van der Waals surface area (Å²) in [6.45, 7) is 5.71. The van der Waals surface area contributed by atoms with Crippen LogP contribution in [0.4, 0.5) is 0 Å². The lowest BCUT2D eigenvalue weighted by atomic mass is 9.92. The average Bonchev–Trinajstić information content (AvgIpc) is 2.70. The van der Waals surface area contributed by atoms with Gasteiger partial charge in [0.15, 0.2) is 0 Å². The van der Waals surface area contributed by atoms with E-state index in [4.69, 9.17) is 21.1 Å². The van der Waals surface area contributed by atoms with E-state index >= 15 is 0 Å². The van der Waals surface area contributed by atoms with Crippen molar-refractivity contribution in [3.8, 4) is 5.88 Å². The zero-order valence-electron chi connectivity index (χ0n) is 16.3. The van der Waals surface area contributed by atoms with Gasteiger partial charge in [-0.3, -0.25) is 0 Å². The molecule has 2 saturated heterocycles. The number of ether oxygens (including phenoxy) is 2. The number of nitrogens with zero attached hydrogens (tertiary/aromatic N) is 2. The fourth-order valence-electron chi connectivity index (χ4n) is 3.40. The summed E-state index contributed by atoms with van der Waals surface area (Å²) < 4.78 is 11.6. The number of aryl methyl sites for hydroxylation is 1. The number of aromatic nitrogens is 2. The highest BCUT2D eigenvalue weighted by atomic mass is 35.5. The number of pyridine rings is 2. The van der Waals surface area contributed by atoms with Crippen molar-refractivity contribution in [3.63, 3.8) is 0 Å². The zero-order chi connectivity index (χ0) is 18.9. The van der Waals surface area contributed by atoms with E-state index in [0.29, 0.717) is 17.2 Å². The molecule has 2 aromatic heterocycles.